The number of ether oxygens (including phenoxy) is 4. The Kier molecular flexibility index (Phi) is 7.74. The van der Waals surface area contributed by atoms with Gasteiger partial charge in [-0.05, 0) is 61.0 Å². The fraction of sp³-hybridized carbons (Fsp3) is 0.280. The second-order valence-electron chi connectivity index (χ2n) is 7.90. The summed E-state index contributed by atoms with van der Waals surface area (Å²) in [7, 11) is 3.15. The lowest BCUT2D eigenvalue weighted by atomic mass is 10.0. The fourth-order valence-electron chi connectivity index (χ4n) is 3.71. The SMILES string of the molecule is COc1ccc(O[C@@H]([C@H](CO)N=[N+]=[N-])[C@H](Oc2ccc(OC)cc2)c2cnc3cc(C)nn3c2)cc1. The van der Waals surface area contributed by atoms with E-state index in [2.05, 4.69) is 20.1 Å². The average Bonchev–Trinajstić information content (AvgIpc) is 3.29. The zero-order valence-corrected chi connectivity index (χ0v) is 20.1. The second-order valence-corrected chi connectivity index (χ2v) is 7.90. The van der Waals surface area contributed by atoms with Crippen LogP contribution >= 0.6 is 0 Å². The van der Waals surface area contributed by atoms with E-state index >= 15 is 0 Å². The number of fused-ring (bicyclic) bond motifs is 1. The van der Waals surface area contributed by atoms with E-state index in [1.807, 2.05) is 13.0 Å². The molecule has 0 saturated heterocycles. The molecule has 0 saturated carbocycles. The van der Waals surface area contributed by atoms with Crippen LogP contribution in [0.1, 0.15) is 17.4 Å². The van der Waals surface area contributed by atoms with Gasteiger partial charge in [0.1, 0.15) is 29.0 Å². The first kappa shape index (κ1) is 24.6. The number of aromatic nitrogens is 3. The van der Waals surface area contributed by atoms with Crippen molar-refractivity contribution in [3.05, 3.63) is 88.7 Å². The van der Waals surface area contributed by atoms with Gasteiger partial charge in [0.15, 0.2) is 17.9 Å². The summed E-state index contributed by atoms with van der Waals surface area (Å²) < 4.78 is 24.8. The van der Waals surface area contributed by atoms with Crippen LogP contribution in [0.5, 0.6) is 23.0 Å². The number of methoxy groups -OCH3 is 2. The van der Waals surface area contributed by atoms with Crippen molar-refractivity contribution in [1.29, 1.82) is 0 Å². The maximum Gasteiger partial charge on any atom is 0.164 e. The Morgan fingerprint density at radius 3 is 2.11 bits per heavy atom. The lowest BCUT2D eigenvalue weighted by Gasteiger charge is -2.31. The van der Waals surface area contributed by atoms with Gasteiger partial charge in [-0.1, -0.05) is 5.11 Å². The van der Waals surface area contributed by atoms with Crippen LogP contribution in [0.2, 0.25) is 0 Å². The number of aliphatic hydroxyl groups is 1. The van der Waals surface area contributed by atoms with Crippen molar-refractivity contribution in [3.63, 3.8) is 0 Å². The van der Waals surface area contributed by atoms with Gasteiger partial charge in [-0.25, -0.2) is 9.50 Å². The summed E-state index contributed by atoms with van der Waals surface area (Å²) in [5.74, 6) is 2.31. The lowest BCUT2D eigenvalue weighted by Crippen LogP contribution is -2.41. The smallest absolute Gasteiger partial charge is 0.164 e. The van der Waals surface area contributed by atoms with E-state index in [-0.39, 0.29) is 0 Å². The minimum absolute atomic E-state index is 0.468. The molecule has 0 bridgehead atoms. The van der Waals surface area contributed by atoms with Gasteiger partial charge >= 0.3 is 0 Å². The van der Waals surface area contributed by atoms with Gasteiger partial charge in [0.05, 0.1) is 26.5 Å². The zero-order valence-electron chi connectivity index (χ0n) is 20.1. The summed E-state index contributed by atoms with van der Waals surface area (Å²) in [5.41, 5.74) is 11.3. The Morgan fingerprint density at radius 2 is 1.56 bits per heavy atom. The van der Waals surface area contributed by atoms with Crippen LogP contribution in [-0.2, 0) is 0 Å². The number of aliphatic hydroxyl groups excluding tert-OH is 1. The molecule has 0 radical (unpaired) electrons. The molecule has 4 rings (SSSR count). The van der Waals surface area contributed by atoms with E-state index in [9.17, 15) is 10.6 Å². The van der Waals surface area contributed by atoms with Gasteiger partial charge in [0.2, 0.25) is 0 Å². The molecule has 0 unspecified atom stereocenters. The fourth-order valence-corrected chi connectivity index (χ4v) is 3.71. The summed E-state index contributed by atoms with van der Waals surface area (Å²) in [6, 6.07) is 14.8. The first-order valence-corrected chi connectivity index (χ1v) is 11.1. The van der Waals surface area contributed by atoms with Crippen molar-refractivity contribution in [2.75, 3.05) is 20.8 Å². The molecule has 0 aliphatic carbocycles. The highest BCUT2D eigenvalue weighted by molar-refractivity contribution is 5.40. The molecule has 4 aromatic rings. The Bertz CT molecular complexity index is 1340. The van der Waals surface area contributed by atoms with Gasteiger partial charge in [-0.15, -0.1) is 0 Å². The number of hydrogen-bond acceptors (Lipinski definition) is 8. The molecule has 11 nitrogen and oxygen atoms in total. The van der Waals surface area contributed by atoms with Crippen LogP contribution in [0.4, 0.5) is 0 Å². The third-order valence-electron chi connectivity index (χ3n) is 5.50. The molecule has 0 spiro atoms. The van der Waals surface area contributed by atoms with E-state index in [1.165, 1.54) is 0 Å². The van der Waals surface area contributed by atoms with E-state index in [0.29, 0.717) is 34.2 Å². The third kappa shape index (κ3) is 5.60. The molecule has 0 fully saturated rings. The second kappa shape index (κ2) is 11.3. The lowest BCUT2D eigenvalue weighted by molar-refractivity contribution is 0.0222. The molecule has 36 heavy (non-hydrogen) atoms. The molecule has 2 aromatic heterocycles. The van der Waals surface area contributed by atoms with Crippen LogP contribution in [0.25, 0.3) is 16.1 Å². The minimum atomic E-state index is -0.976. The first-order chi connectivity index (χ1) is 17.5. The highest BCUT2D eigenvalue weighted by Crippen LogP contribution is 2.32. The Balaban J connectivity index is 1.79. The molecule has 0 aliphatic rings. The molecule has 1 N–H and O–H groups in total. The molecule has 186 valence electrons. The van der Waals surface area contributed by atoms with Gasteiger partial charge in [0.25, 0.3) is 0 Å². The summed E-state index contributed by atoms with van der Waals surface area (Å²) in [6.45, 7) is 1.41. The van der Waals surface area contributed by atoms with E-state index in [4.69, 9.17) is 18.9 Å². The van der Waals surface area contributed by atoms with Crippen molar-refractivity contribution in [1.82, 2.24) is 14.6 Å². The Hall–Kier alpha value is -4.47. The first-order valence-electron chi connectivity index (χ1n) is 11.1. The maximum absolute atomic E-state index is 10.1. The highest BCUT2D eigenvalue weighted by Gasteiger charge is 2.35. The summed E-state index contributed by atoms with van der Waals surface area (Å²) >= 11 is 0. The number of aryl methyl sites for hydroxylation is 1. The summed E-state index contributed by atoms with van der Waals surface area (Å²) in [5, 5.41) is 18.4. The van der Waals surface area contributed by atoms with Crippen LogP contribution in [0.3, 0.4) is 0 Å². The van der Waals surface area contributed by atoms with Crippen molar-refractivity contribution in [2.24, 2.45) is 5.11 Å². The van der Waals surface area contributed by atoms with Gasteiger partial charge in [-0.2, -0.15) is 5.10 Å². The summed E-state index contributed by atoms with van der Waals surface area (Å²) in [4.78, 5) is 7.41. The molecular formula is C25H26N6O5. The molecule has 11 heteroatoms. The van der Waals surface area contributed by atoms with Crippen molar-refractivity contribution in [2.45, 2.75) is 25.2 Å². The zero-order chi connectivity index (χ0) is 25.5. The van der Waals surface area contributed by atoms with Gasteiger partial charge in [0, 0.05) is 28.9 Å². The van der Waals surface area contributed by atoms with E-state index in [1.54, 1.807) is 79.7 Å². The molecule has 2 heterocycles. The number of benzene rings is 2. The molecule has 3 atom stereocenters. The molecular weight excluding hydrogens is 464 g/mol. The maximum atomic E-state index is 10.1. The van der Waals surface area contributed by atoms with Gasteiger partial charge < -0.3 is 24.1 Å². The predicted octanol–water partition coefficient (Wildman–Crippen LogP) is 4.29. The number of rotatable bonds is 11. The molecule has 2 aromatic carbocycles. The number of nitrogens with zero attached hydrogens (tertiary/aromatic N) is 6. The van der Waals surface area contributed by atoms with E-state index < -0.39 is 24.9 Å². The van der Waals surface area contributed by atoms with Crippen molar-refractivity contribution < 1.29 is 24.1 Å². The topological polar surface area (TPSA) is 136 Å². The predicted molar refractivity (Wildman–Crippen MR) is 132 cm³/mol. The average molecular weight is 491 g/mol. The van der Waals surface area contributed by atoms with Crippen molar-refractivity contribution >= 4 is 5.65 Å². The van der Waals surface area contributed by atoms with Crippen LogP contribution in [-0.4, -0.2) is 52.7 Å². The van der Waals surface area contributed by atoms with Crippen LogP contribution in [0.15, 0.2) is 72.1 Å². The number of azide groups is 1. The van der Waals surface area contributed by atoms with E-state index in [0.717, 1.165) is 5.69 Å². The Labute approximate surface area is 207 Å². The number of hydrogen-bond donors (Lipinski definition) is 1. The van der Waals surface area contributed by atoms with Crippen molar-refractivity contribution in [3.8, 4) is 23.0 Å². The van der Waals surface area contributed by atoms with Gasteiger partial charge in [-0.3, -0.25) is 0 Å². The van der Waals surface area contributed by atoms with Crippen LogP contribution < -0.4 is 18.9 Å². The normalized spacial score (nSPS) is 13.3. The molecule has 0 amide bonds. The Morgan fingerprint density at radius 1 is 0.972 bits per heavy atom. The molecule has 0 aliphatic heterocycles. The quantitative estimate of drug-likeness (QED) is 0.188. The summed E-state index contributed by atoms with van der Waals surface area (Å²) in [6.07, 6.45) is 1.65. The third-order valence-corrected chi connectivity index (χ3v) is 5.50. The van der Waals surface area contributed by atoms with Crippen LogP contribution in [0, 0.1) is 6.92 Å². The highest BCUT2D eigenvalue weighted by atomic mass is 16.5. The monoisotopic (exact) mass is 490 g/mol. The standard InChI is InChI=1S/C25H26N6O5/c1-16-12-23-27-13-17(14-31(23)29-16)24(35-20-8-4-18(33-2)5-9-20)25(22(15-32)28-30-26)36-21-10-6-19(34-3)7-11-21/h4-14,22,24-25,32H,15H2,1-3H3/t22-,24+,25-/m0/s1. The minimum Gasteiger partial charge on any atom is -0.497 e. The largest absolute Gasteiger partial charge is 0.497 e.